The molecule has 1 fully saturated rings. The van der Waals surface area contributed by atoms with Crippen LogP contribution in [0.3, 0.4) is 0 Å². The smallest absolute Gasteiger partial charge is 0.407 e. The maximum absolute atomic E-state index is 14.0. The van der Waals surface area contributed by atoms with Gasteiger partial charge in [0, 0.05) is 32.5 Å². The topological polar surface area (TPSA) is 165 Å². The van der Waals surface area contributed by atoms with Crippen molar-refractivity contribution in [3.8, 4) is 11.4 Å². The number of amides is 2. The molecule has 14 heteroatoms. The Hall–Kier alpha value is -4.33. The quantitative estimate of drug-likeness (QED) is 0.460. The largest absolute Gasteiger partial charge is 0.501 e. The summed E-state index contributed by atoms with van der Waals surface area (Å²) in [6, 6.07) is 3.98. The number of piperidine rings is 1. The molecule has 0 aliphatic carbocycles. The van der Waals surface area contributed by atoms with E-state index >= 15 is 0 Å². The van der Waals surface area contributed by atoms with Crippen molar-refractivity contribution in [1.29, 1.82) is 0 Å². The molecule has 5 rings (SSSR count). The van der Waals surface area contributed by atoms with Crippen LogP contribution >= 0.6 is 0 Å². The zero-order valence-electron chi connectivity index (χ0n) is 19.8. The van der Waals surface area contributed by atoms with Gasteiger partial charge < -0.3 is 25.2 Å². The highest BCUT2D eigenvalue weighted by Crippen LogP contribution is 2.38. The number of ether oxygens (including phenoxy) is 1. The van der Waals surface area contributed by atoms with Crippen LogP contribution in [0.5, 0.6) is 5.75 Å². The fourth-order valence-electron chi connectivity index (χ4n) is 4.76. The standard InChI is InChI=1S/C23H24FN7O6/c1-13-26-12-27-31(13)16-10-15(24)3-2-14(16)11-25-19(33)17-18(32)20(34)30-8-9-37-23(21(30)28-17)4-6-29(7-5-23)22(35)36/h2-3,10,12,32H,4-9,11H2,1H3,(H,25,33)(H,35,36). The first-order valence-corrected chi connectivity index (χ1v) is 11.6. The van der Waals surface area contributed by atoms with E-state index in [0.29, 0.717) is 17.1 Å². The second-order valence-corrected chi connectivity index (χ2v) is 8.88. The Kier molecular flexibility index (Phi) is 6.11. The normalized spacial score (nSPS) is 16.4. The molecule has 37 heavy (non-hydrogen) atoms. The number of carbonyl (C=O) groups is 2. The van der Waals surface area contributed by atoms with Gasteiger partial charge >= 0.3 is 6.09 Å². The van der Waals surface area contributed by atoms with Crippen molar-refractivity contribution in [2.24, 2.45) is 0 Å². The highest BCUT2D eigenvalue weighted by atomic mass is 19.1. The molecule has 1 spiro atoms. The summed E-state index contributed by atoms with van der Waals surface area (Å²) in [5.74, 6) is -1.42. The first-order chi connectivity index (χ1) is 17.7. The van der Waals surface area contributed by atoms with Crippen molar-refractivity contribution in [3.63, 3.8) is 0 Å². The first kappa shape index (κ1) is 24.4. The molecule has 0 unspecified atom stereocenters. The molecule has 0 radical (unpaired) electrons. The predicted molar refractivity (Wildman–Crippen MR) is 124 cm³/mol. The lowest BCUT2D eigenvalue weighted by atomic mass is 9.89. The van der Waals surface area contributed by atoms with Gasteiger partial charge in [-0.3, -0.25) is 14.2 Å². The lowest BCUT2D eigenvalue weighted by Gasteiger charge is -2.43. The molecule has 2 aromatic heterocycles. The number of aromatic nitrogens is 5. The minimum Gasteiger partial charge on any atom is -0.501 e. The van der Waals surface area contributed by atoms with Gasteiger partial charge in [-0.1, -0.05) is 6.07 Å². The number of carbonyl (C=O) groups excluding carboxylic acids is 1. The third-order valence-electron chi connectivity index (χ3n) is 6.74. The number of aromatic hydroxyl groups is 1. The van der Waals surface area contributed by atoms with Crippen LogP contribution in [0, 0.1) is 12.7 Å². The van der Waals surface area contributed by atoms with E-state index in [0.717, 1.165) is 0 Å². The molecular weight excluding hydrogens is 489 g/mol. The van der Waals surface area contributed by atoms with Crippen LogP contribution in [-0.2, 0) is 23.4 Å². The van der Waals surface area contributed by atoms with Crippen molar-refractivity contribution in [1.82, 2.24) is 34.5 Å². The number of likely N-dealkylation sites (tertiary alicyclic amines) is 1. The fourth-order valence-corrected chi connectivity index (χ4v) is 4.76. The molecule has 194 valence electrons. The predicted octanol–water partition coefficient (Wildman–Crippen LogP) is 0.906. The second kappa shape index (κ2) is 9.28. The van der Waals surface area contributed by atoms with E-state index in [4.69, 9.17) is 4.74 Å². The number of nitrogens with one attached hydrogen (secondary N) is 1. The van der Waals surface area contributed by atoms with Crippen LogP contribution in [0.25, 0.3) is 5.69 Å². The molecule has 0 bridgehead atoms. The van der Waals surface area contributed by atoms with Crippen LogP contribution in [0.4, 0.5) is 9.18 Å². The lowest BCUT2D eigenvalue weighted by Crippen LogP contribution is -2.52. The fraction of sp³-hybridized carbons (Fsp3) is 0.391. The molecule has 3 aromatic rings. The van der Waals surface area contributed by atoms with Crippen molar-refractivity contribution in [2.45, 2.75) is 38.5 Å². The van der Waals surface area contributed by atoms with E-state index in [-0.39, 0.29) is 51.5 Å². The maximum Gasteiger partial charge on any atom is 0.407 e. The Labute approximate surface area is 209 Å². The summed E-state index contributed by atoms with van der Waals surface area (Å²) in [6.07, 6.45) is 0.758. The van der Waals surface area contributed by atoms with E-state index < -0.39 is 40.4 Å². The number of halogens is 1. The van der Waals surface area contributed by atoms with Gasteiger partial charge in [-0.25, -0.2) is 23.8 Å². The number of carboxylic acid groups (broad SMARTS) is 1. The molecule has 2 amide bonds. The minimum atomic E-state index is -1.05. The molecule has 2 aliphatic rings. The monoisotopic (exact) mass is 513 g/mol. The van der Waals surface area contributed by atoms with Gasteiger partial charge in [-0.2, -0.15) is 5.10 Å². The zero-order valence-corrected chi connectivity index (χ0v) is 19.8. The highest BCUT2D eigenvalue weighted by molar-refractivity contribution is 5.94. The Morgan fingerprint density at radius 3 is 2.68 bits per heavy atom. The molecule has 1 aromatic carbocycles. The van der Waals surface area contributed by atoms with E-state index in [9.17, 15) is 29.0 Å². The molecule has 0 atom stereocenters. The van der Waals surface area contributed by atoms with Gasteiger partial charge in [-0.15, -0.1) is 0 Å². The lowest BCUT2D eigenvalue weighted by molar-refractivity contribution is -0.114. The second-order valence-electron chi connectivity index (χ2n) is 8.88. The number of benzene rings is 1. The molecule has 4 heterocycles. The Balaban J connectivity index is 1.44. The van der Waals surface area contributed by atoms with Gasteiger partial charge in [0.05, 0.1) is 18.8 Å². The van der Waals surface area contributed by atoms with Crippen LogP contribution in [0.1, 0.15) is 40.5 Å². The molecule has 13 nitrogen and oxygen atoms in total. The van der Waals surface area contributed by atoms with Crippen molar-refractivity contribution >= 4 is 12.0 Å². The summed E-state index contributed by atoms with van der Waals surface area (Å²) in [5, 5.41) is 26.5. The summed E-state index contributed by atoms with van der Waals surface area (Å²) in [4.78, 5) is 47.1. The summed E-state index contributed by atoms with van der Waals surface area (Å²) in [5.41, 5.74) is -1.42. The van der Waals surface area contributed by atoms with E-state index in [1.54, 1.807) is 6.92 Å². The number of rotatable bonds is 4. The Bertz CT molecular complexity index is 1440. The summed E-state index contributed by atoms with van der Waals surface area (Å²) in [6.45, 7) is 2.27. The van der Waals surface area contributed by atoms with E-state index in [1.165, 1.54) is 38.7 Å². The van der Waals surface area contributed by atoms with Crippen LogP contribution < -0.4 is 10.9 Å². The SMILES string of the molecule is Cc1ncnn1-c1cc(F)ccc1CNC(=O)c1nc2n(c(=O)c1O)CCOC21CCN(C(=O)O)CC1. The average Bonchev–Trinajstić information content (AvgIpc) is 3.31. The van der Waals surface area contributed by atoms with Crippen LogP contribution in [0.2, 0.25) is 0 Å². The third-order valence-corrected chi connectivity index (χ3v) is 6.74. The van der Waals surface area contributed by atoms with Crippen molar-refractivity contribution in [2.75, 3.05) is 19.7 Å². The maximum atomic E-state index is 14.0. The Morgan fingerprint density at radius 1 is 1.24 bits per heavy atom. The van der Waals surface area contributed by atoms with E-state index in [1.807, 2.05) is 0 Å². The van der Waals surface area contributed by atoms with Gasteiger partial charge in [-0.05, 0) is 24.6 Å². The molecule has 3 N–H and O–H groups in total. The van der Waals surface area contributed by atoms with Gasteiger partial charge in [0.25, 0.3) is 11.5 Å². The number of nitrogens with zero attached hydrogens (tertiary/aromatic N) is 6. The average molecular weight is 513 g/mol. The summed E-state index contributed by atoms with van der Waals surface area (Å²) < 4.78 is 22.7. The number of hydrogen-bond donors (Lipinski definition) is 3. The van der Waals surface area contributed by atoms with Crippen LogP contribution in [0.15, 0.2) is 29.3 Å². The zero-order chi connectivity index (χ0) is 26.3. The summed E-state index contributed by atoms with van der Waals surface area (Å²) in [7, 11) is 0. The van der Waals surface area contributed by atoms with E-state index in [2.05, 4.69) is 20.4 Å². The molecule has 2 aliphatic heterocycles. The van der Waals surface area contributed by atoms with Gasteiger partial charge in [0.1, 0.15) is 29.4 Å². The van der Waals surface area contributed by atoms with Gasteiger partial charge in [0.15, 0.2) is 5.69 Å². The third kappa shape index (κ3) is 4.28. The van der Waals surface area contributed by atoms with Crippen molar-refractivity contribution in [3.05, 3.63) is 63.6 Å². The summed E-state index contributed by atoms with van der Waals surface area (Å²) >= 11 is 0. The molecule has 0 saturated carbocycles. The minimum absolute atomic E-state index is 0.0809. The van der Waals surface area contributed by atoms with Gasteiger partial charge in [0.2, 0.25) is 5.75 Å². The number of hydrogen-bond acceptors (Lipinski definition) is 8. The number of fused-ring (bicyclic) bond motifs is 2. The Morgan fingerprint density at radius 2 is 2.00 bits per heavy atom. The highest BCUT2D eigenvalue weighted by Gasteiger charge is 2.45. The van der Waals surface area contributed by atoms with Crippen LogP contribution in [-0.4, -0.2) is 71.1 Å². The molecule has 1 saturated heterocycles. The van der Waals surface area contributed by atoms with Crippen molar-refractivity contribution < 1.29 is 28.9 Å². The molecular formula is C23H24FN7O6. The number of aryl methyl sites for hydroxylation is 1. The first-order valence-electron chi connectivity index (χ1n) is 11.6.